The first-order valence-electron chi connectivity index (χ1n) is 7.64. The van der Waals surface area contributed by atoms with Crippen LogP contribution in [0.3, 0.4) is 0 Å². The lowest BCUT2D eigenvalue weighted by atomic mass is 10.2. The fourth-order valence-corrected chi connectivity index (χ4v) is 2.94. The lowest BCUT2D eigenvalue weighted by Gasteiger charge is -2.19. The highest BCUT2D eigenvalue weighted by atomic mass is 35.5. The minimum absolute atomic E-state index is 0.0561. The minimum Gasteiger partial charge on any atom is -0.497 e. The second-order valence-electron chi connectivity index (χ2n) is 5.52. The predicted octanol–water partition coefficient (Wildman–Crippen LogP) is 3.10. The number of carbonyl (C=O) groups excluding carboxylic acids is 2. The van der Waals surface area contributed by atoms with Gasteiger partial charge in [0.1, 0.15) is 17.5 Å². The molecular weight excluding hydrogens is 344 g/mol. The number of amides is 2. The van der Waals surface area contributed by atoms with Crippen molar-refractivity contribution in [2.45, 2.75) is 12.5 Å². The number of nitrogens with zero attached hydrogens (tertiary/aromatic N) is 1. The molecule has 1 N–H and O–H groups in total. The highest BCUT2D eigenvalue weighted by Crippen LogP contribution is 2.35. The van der Waals surface area contributed by atoms with Crippen LogP contribution < -0.4 is 19.7 Å². The largest absolute Gasteiger partial charge is 0.497 e. The zero-order valence-electron chi connectivity index (χ0n) is 13.8. The minimum atomic E-state index is -0.655. The van der Waals surface area contributed by atoms with E-state index in [0.717, 1.165) is 4.90 Å². The van der Waals surface area contributed by atoms with Crippen LogP contribution in [0.1, 0.15) is 6.42 Å². The molecule has 25 heavy (non-hydrogen) atoms. The van der Waals surface area contributed by atoms with E-state index in [1.807, 2.05) is 0 Å². The third-order valence-corrected chi connectivity index (χ3v) is 4.18. The average Bonchev–Trinajstić information content (AvgIpc) is 2.88. The Morgan fingerprint density at radius 3 is 2.60 bits per heavy atom. The quantitative estimate of drug-likeness (QED) is 0.830. The molecule has 0 unspecified atom stereocenters. The van der Waals surface area contributed by atoms with Crippen molar-refractivity contribution in [3.05, 3.63) is 47.5 Å². The molecule has 130 valence electrons. The van der Waals surface area contributed by atoms with Crippen molar-refractivity contribution in [1.29, 1.82) is 0 Å². The van der Waals surface area contributed by atoms with Crippen LogP contribution >= 0.6 is 11.6 Å². The van der Waals surface area contributed by atoms with E-state index in [1.165, 1.54) is 14.2 Å². The first kappa shape index (κ1) is 17.1. The number of anilines is 2. The molecule has 2 aromatic rings. The van der Waals surface area contributed by atoms with E-state index in [4.69, 9.17) is 21.1 Å². The van der Waals surface area contributed by atoms with Crippen molar-refractivity contribution in [3.63, 3.8) is 0 Å². The van der Waals surface area contributed by atoms with Crippen LogP contribution in [0.5, 0.6) is 11.5 Å². The van der Waals surface area contributed by atoms with Crippen LogP contribution in [-0.2, 0) is 9.59 Å². The van der Waals surface area contributed by atoms with E-state index in [1.54, 1.807) is 42.5 Å². The van der Waals surface area contributed by atoms with E-state index in [0.29, 0.717) is 27.9 Å². The average molecular weight is 361 g/mol. The molecule has 0 radical (unpaired) electrons. The Morgan fingerprint density at radius 1 is 1.12 bits per heavy atom. The fraction of sp³-hybridized carbons (Fsp3) is 0.222. The van der Waals surface area contributed by atoms with Crippen LogP contribution in [-0.4, -0.2) is 32.1 Å². The van der Waals surface area contributed by atoms with Crippen LogP contribution in [0, 0.1) is 0 Å². The molecule has 0 bridgehead atoms. The van der Waals surface area contributed by atoms with E-state index < -0.39 is 6.04 Å². The second kappa shape index (κ2) is 7.03. The van der Waals surface area contributed by atoms with Gasteiger partial charge in [-0.1, -0.05) is 17.7 Å². The van der Waals surface area contributed by atoms with Crippen molar-refractivity contribution in [3.8, 4) is 11.5 Å². The van der Waals surface area contributed by atoms with Gasteiger partial charge in [0.05, 0.1) is 26.3 Å². The summed E-state index contributed by atoms with van der Waals surface area (Å²) in [5.41, 5.74) is 1.08. The van der Waals surface area contributed by atoms with E-state index in [-0.39, 0.29) is 18.2 Å². The van der Waals surface area contributed by atoms with Crippen molar-refractivity contribution in [2.75, 3.05) is 24.4 Å². The Kier molecular flexibility index (Phi) is 4.81. The van der Waals surface area contributed by atoms with Gasteiger partial charge in [-0.3, -0.25) is 9.59 Å². The van der Waals surface area contributed by atoms with Gasteiger partial charge >= 0.3 is 0 Å². The van der Waals surface area contributed by atoms with Gasteiger partial charge in [-0.15, -0.1) is 0 Å². The molecule has 1 aliphatic rings. The van der Waals surface area contributed by atoms with Crippen LogP contribution in [0.25, 0.3) is 0 Å². The molecule has 2 amide bonds. The summed E-state index contributed by atoms with van der Waals surface area (Å²) in [5.74, 6) is 0.333. The summed E-state index contributed by atoms with van der Waals surface area (Å²) in [4.78, 5) is 26.3. The number of imide groups is 1. The number of benzene rings is 2. The molecule has 0 saturated carbocycles. The van der Waals surface area contributed by atoms with Crippen LogP contribution in [0.15, 0.2) is 42.5 Å². The van der Waals surface area contributed by atoms with Gasteiger partial charge in [-0.05, 0) is 30.3 Å². The number of hydrogen-bond donors (Lipinski definition) is 1. The lowest BCUT2D eigenvalue weighted by molar-refractivity contribution is -0.121. The molecule has 1 heterocycles. The van der Waals surface area contributed by atoms with Crippen LogP contribution in [0.4, 0.5) is 11.4 Å². The number of halogens is 1. The molecule has 0 spiro atoms. The van der Waals surface area contributed by atoms with Gasteiger partial charge < -0.3 is 14.8 Å². The lowest BCUT2D eigenvalue weighted by Crippen LogP contribution is -2.35. The van der Waals surface area contributed by atoms with Crippen molar-refractivity contribution < 1.29 is 19.1 Å². The summed E-state index contributed by atoms with van der Waals surface area (Å²) in [7, 11) is 3.01. The Morgan fingerprint density at radius 2 is 1.92 bits per heavy atom. The van der Waals surface area contributed by atoms with Crippen molar-refractivity contribution >= 4 is 34.8 Å². The molecule has 1 fully saturated rings. The van der Waals surface area contributed by atoms with Gasteiger partial charge in [0.2, 0.25) is 5.91 Å². The number of rotatable bonds is 5. The second-order valence-corrected chi connectivity index (χ2v) is 5.95. The van der Waals surface area contributed by atoms with Gasteiger partial charge in [0, 0.05) is 16.8 Å². The zero-order valence-corrected chi connectivity index (χ0v) is 14.5. The number of hydrogen-bond acceptors (Lipinski definition) is 5. The highest BCUT2D eigenvalue weighted by molar-refractivity contribution is 6.31. The predicted molar refractivity (Wildman–Crippen MR) is 95.5 cm³/mol. The third kappa shape index (κ3) is 3.39. The van der Waals surface area contributed by atoms with E-state index >= 15 is 0 Å². The maximum atomic E-state index is 12.8. The zero-order chi connectivity index (χ0) is 18.0. The smallest absolute Gasteiger partial charge is 0.256 e. The Hall–Kier alpha value is -2.73. The molecule has 2 aromatic carbocycles. The van der Waals surface area contributed by atoms with Crippen molar-refractivity contribution in [1.82, 2.24) is 0 Å². The molecule has 3 rings (SSSR count). The molecule has 0 aliphatic carbocycles. The summed E-state index contributed by atoms with van der Waals surface area (Å²) in [5, 5.41) is 3.61. The SMILES string of the molecule is COc1ccc(N2C(=O)C[C@@H](Nc3cccc(Cl)c3)C2=O)c(OC)c1. The molecule has 7 heteroatoms. The summed E-state index contributed by atoms with van der Waals surface area (Å²) in [6.45, 7) is 0. The number of methoxy groups -OCH3 is 2. The Labute approximate surface area is 150 Å². The molecule has 6 nitrogen and oxygen atoms in total. The summed E-state index contributed by atoms with van der Waals surface area (Å²) < 4.78 is 10.4. The summed E-state index contributed by atoms with van der Waals surface area (Å²) in [6.07, 6.45) is 0.0561. The monoisotopic (exact) mass is 360 g/mol. The topological polar surface area (TPSA) is 67.9 Å². The Bertz CT molecular complexity index is 824. The normalized spacial score (nSPS) is 16.9. The maximum absolute atomic E-state index is 12.8. The first-order valence-corrected chi connectivity index (χ1v) is 8.02. The van der Waals surface area contributed by atoms with Crippen molar-refractivity contribution in [2.24, 2.45) is 0 Å². The van der Waals surface area contributed by atoms with E-state index in [2.05, 4.69) is 5.32 Å². The molecule has 1 atom stereocenters. The molecular formula is C18H17ClN2O4. The molecule has 0 aromatic heterocycles. The number of carbonyl (C=O) groups is 2. The number of nitrogens with one attached hydrogen (secondary N) is 1. The fourth-order valence-electron chi connectivity index (χ4n) is 2.75. The number of ether oxygens (including phenoxy) is 2. The van der Waals surface area contributed by atoms with E-state index in [9.17, 15) is 9.59 Å². The first-order chi connectivity index (χ1) is 12.0. The maximum Gasteiger partial charge on any atom is 0.256 e. The standard InChI is InChI=1S/C18H17ClN2O4/c1-24-13-6-7-15(16(9-13)25-2)21-17(22)10-14(18(21)23)20-12-5-3-4-11(19)8-12/h3-9,14,20H,10H2,1-2H3/t14-/m1/s1. The third-order valence-electron chi connectivity index (χ3n) is 3.94. The highest BCUT2D eigenvalue weighted by Gasteiger charge is 2.40. The van der Waals surface area contributed by atoms with Gasteiger partial charge in [-0.2, -0.15) is 0 Å². The summed E-state index contributed by atoms with van der Waals surface area (Å²) >= 11 is 5.96. The Balaban J connectivity index is 1.86. The van der Waals surface area contributed by atoms with Gasteiger partial charge in [-0.25, -0.2) is 4.90 Å². The van der Waals surface area contributed by atoms with Crippen LogP contribution in [0.2, 0.25) is 5.02 Å². The molecule has 1 saturated heterocycles. The molecule has 1 aliphatic heterocycles. The van der Waals surface area contributed by atoms with Gasteiger partial charge in [0.25, 0.3) is 5.91 Å². The van der Waals surface area contributed by atoms with Gasteiger partial charge in [0.15, 0.2) is 0 Å². The summed E-state index contributed by atoms with van der Waals surface area (Å²) in [6, 6.07) is 11.3.